The molecule has 0 aliphatic rings. The van der Waals surface area contributed by atoms with E-state index in [1.165, 1.54) is 199 Å². The van der Waals surface area contributed by atoms with E-state index < -0.39 is 0 Å². The van der Waals surface area contributed by atoms with Crippen molar-refractivity contribution in [2.24, 2.45) is 11.8 Å². The average molecular weight is 748 g/mol. The second-order valence-electron chi connectivity index (χ2n) is 16.8. The Kier molecular flexibility index (Phi) is 41.2. The first-order chi connectivity index (χ1) is 26.0. The summed E-state index contributed by atoms with van der Waals surface area (Å²) >= 11 is 0. The summed E-state index contributed by atoms with van der Waals surface area (Å²) in [4.78, 5) is 28.9. The fourth-order valence-corrected chi connectivity index (χ4v) is 7.85. The van der Waals surface area contributed by atoms with E-state index in [0.717, 1.165) is 51.6 Å². The van der Waals surface area contributed by atoms with Gasteiger partial charge in [-0.15, -0.1) is 0 Å². The van der Waals surface area contributed by atoms with Crippen LogP contribution < -0.4 is 10.6 Å². The molecule has 0 heterocycles. The number of rotatable bonds is 43. The topological polar surface area (TPSA) is 61.4 Å². The predicted molar refractivity (Wildman–Crippen MR) is 235 cm³/mol. The third-order valence-corrected chi connectivity index (χ3v) is 11.6. The van der Waals surface area contributed by atoms with Crippen molar-refractivity contribution >= 4 is 11.8 Å². The van der Waals surface area contributed by atoms with E-state index in [1.54, 1.807) is 0 Å². The quantitative estimate of drug-likeness (QED) is 0.0611. The SMILES string of the molecule is CCCCCCCCC(CCCCCC)C(=O)NCCCCCCN(CCCC)CCCCCCNC(=O)C(CCCCCC)CCCCCCCC. The van der Waals surface area contributed by atoms with Crippen molar-refractivity contribution in [1.82, 2.24) is 15.5 Å². The Labute approximate surface area is 333 Å². The molecule has 5 nitrogen and oxygen atoms in total. The van der Waals surface area contributed by atoms with Gasteiger partial charge in [0.25, 0.3) is 0 Å². The molecule has 0 saturated carbocycles. The first kappa shape index (κ1) is 51.9. The van der Waals surface area contributed by atoms with E-state index in [9.17, 15) is 9.59 Å². The van der Waals surface area contributed by atoms with Crippen molar-refractivity contribution in [2.45, 2.75) is 253 Å². The average Bonchev–Trinajstić information content (AvgIpc) is 3.16. The molecule has 0 radical (unpaired) electrons. The van der Waals surface area contributed by atoms with Gasteiger partial charge in [-0.3, -0.25) is 9.59 Å². The summed E-state index contributed by atoms with van der Waals surface area (Å²) in [6, 6.07) is 0. The van der Waals surface area contributed by atoms with Gasteiger partial charge in [-0.1, -0.05) is 195 Å². The molecule has 0 aromatic rings. The molecule has 2 atom stereocenters. The van der Waals surface area contributed by atoms with E-state index >= 15 is 0 Å². The summed E-state index contributed by atoms with van der Waals surface area (Å²) in [5.74, 6) is 1.10. The minimum atomic E-state index is 0.223. The molecule has 0 aliphatic carbocycles. The number of hydrogen-bond acceptors (Lipinski definition) is 3. The van der Waals surface area contributed by atoms with E-state index in [4.69, 9.17) is 0 Å². The zero-order chi connectivity index (χ0) is 38.9. The summed E-state index contributed by atoms with van der Waals surface area (Å²) in [5, 5.41) is 6.66. The van der Waals surface area contributed by atoms with Crippen molar-refractivity contribution in [3.05, 3.63) is 0 Å². The molecule has 0 bridgehead atoms. The maximum Gasteiger partial charge on any atom is 0.223 e. The van der Waals surface area contributed by atoms with Crippen LogP contribution in [0.2, 0.25) is 0 Å². The van der Waals surface area contributed by atoms with Crippen LogP contribution in [0.3, 0.4) is 0 Å². The summed E-state index contributed by atoms with van der Waals surface area (Å²) in [7, 11) is 0. The molecule has 2 N–H and O–H groups in total. The minimum absolute atomic E-state index is 0.223. The number of carbonyl (C=O) groups excluding carboxylic acids is 2. The van der Waals surface area contributed by atoms with Crippen molar-refractivity contribution in [1.29, 1.82) is 0 Å². The largest absolute Gasteiger partial charge is 0.356 e. The Morgan fingerprint density at radius 2 is 0.604 bits per heavy atom. The molecular weight excluding hydrogens is 651 g/mol. The second-order valence-corrected chi connectivity index (χ2v) is 16.8. The van der Waals surface area contributed by atoms with Crippen LogP contribution in [-0.2, 0) is 9.59 Å². The van der Waals surface area contributed by atoms with Crippen molar-refractivity contribution in [2.75, 3.05) is 32.7 Å². The van der Waals surface area contributed by atoms with Crippen molar-refractivity contribution < 1.29 is 9.59 Å². The first-order valence-corrected chi connectivity index (χ1v) is 24.3. The highest BCUT2D eigenvalue weighted by atomic mass is 16.2. The molecule has 0 aromatic heterocycles. The molecule has 2 amide bonds. The molecule has 53 heavy (non-hydrogen) atoms. The lowest BCUT2D eigenvalue weighted by Gasteiger charge is -2.22. The lowest BCUT2D eigenvalue weighted by atomic mass is 9.93. The number of carbonyl (C=O) groups is 2. The molecule has 0 aromatic carbocycles. The second kappa shape index (κ2) is 42.1. The van der Waals surface area contributed by atoms with Gasteiger partial charge in [0.2, 0.25) is 11.8 Å². The van der Waals surface area contributed by atoms with Gasteiger partial charge in [-0.2, -0.15) is 0 Å². The van der Waals surface area contributed by atoms with Crippen LogP contribution >= 0.6 is 0 Å². The molecule has 0 spiro atoms. The Hall–Kier alpha value is -1.10. The van der Waals surface area contributed by atoms with Crippen molar-refractivity contribution in [3.63, 3.8) is 0 Å². The summed E-state index contributed by atoms with van der Waals surface area (Å²) in [6.07, 6.45) is 42.2. The maximum absolute atomic E-state index is 13.1. The third-order valence-electron chi connectivity index (χ3n) is 11.6. The molecule has 316 valence electrons. The first-order valence-electron chi connectivity index (χ1n) is 24.3. The summed E-state index contributed by atoms with van der Waals surface area (Å²) < 4.78 is 0. The highest BCUT2D eigenvalue weighted by Crippen LogP contribution is 2.21. The smallest absolute Gasteiger partial charge is 0.223 e. The number of hydrogen-bond donors (Lipinski definition) is 2. The molecule has 5 heteroatoms. The van der Waals surface area contributed by atoms with Gasteiger partial charge in [0.05, 0.1) is 0 Å². The minimum Gasteiger partial charge on any atom is -0.356 e. The Bertz CT molecular complexity index is 701. The fourth-order valence-electron chi connectivity index (χ4n) is 7.85. The molecule has 0 saturated heterocycles. The number of nitrogens with zero attached hydrogens (tertiary/aromatic N) is 1. The van der Waals surface area contributed by atoms with Gasteiger partial charge in [0.15, 0.2) is 0 Å². The molecule has 0 aliphatic heterocycles. The molecule has 2 unspecified atom stereocenters. The van der Waals surface area contributed by atoms with E-state index in [0.29, 0.717) is 11.8 Å². The Morgan fingerprint density at radius 1 is 0.340 bits per heavy atom. The monoisotopic (exact) mass is 748 g/mol. The zero-order valence-electron chi connectivity index (χ0n) is 37.0. The lowest BCUT2D eigenvalue weighted by Crippen LogP contribution is -2.31. The van der Waals surface area contributed by atoms with Crippen LogP contribution in [0, 0.1) is 11.8 Å². The van der Waals surface area contributed by atoms with Gasteiger partial charge in [-0.05, 0) is 77.4 Å². The van der Waals surface area contributed by atoms with Crippen molar-refractivity contribution in [3.8, 4) is 0 Å². The Morgan fingerprint density at radius 3 is 0.962 bits per heavy atom. The number of nitrogens with one attached hydrogen (secondary N) is 2. The Balaban J connectivity index is 4.28. The van der Waals surface area contributed by atoms with E-state index in [-0.39, 0.29) is 11.8 Å². The van der Waals surface area contributed by atoms with E-state index in [2.05, 4.69) is 50.2 Å². The zero-order valence-corrected chi connectivity index (χ0v) is 37.0. The summed E-state index contributed by atoms with van der Waals surface area (Å²) in [6.45, 7) is 16.7. The lowest BCUT2D eigenvalue weighted by molar-refractivity contribution is -0.126. The van der Waals surface area contributed by atoms with Gasteiger partial charge >= 0.3 is 0 Å². The number of amides is 2. The van der Waals surface area contributed by atoms with E-state index in [1.807, 2.05) is 0 Å². The highest BCUT2D eigenvalue weighted by molar-refractivity contribution is 5.78. The molecular formula is C48H97N3O2. The van der Waals surface area contributed by atoms with Gasteiger partial charge < -0.3 is 15.5 Å². The van der Waals surface area contributed by atoms with Crippen LogP contribution in [0.1, 0.15) is 253 Å². The standard InChI is InChI=1S/C48H97N3O2/c1-6-11-16-20-22-30-38-45(36-28-18-13-8-3)47(52)49-40-32-24-26-34-43-51(42-15-10-5)44-35-27-25-33-41-50-48(53)46(37-29-19-14-9-4)39-31-23-21-17-12-7-2/h45-46H,6-44H2,1-5H3,(H,49,52)(H,50,53). The van der Waals surface area contributed by atoms with Crippen LogP contribution in [0.5, 0.6) is 0 Å². The van der Waals surface area contributed by atoms with Crippen LogP contribution in [-0.4, -0.2) is 49.4 Å². The predicted octanol–water partition coefficient (Wildman–Crippen LogP) is 14.1. The molecule has 0 fully saturated rings. The highest BCUT2D eigenvalue weighted by Gasteiger charge is 2.18. The third kappa shape index (κ3) is 35.1. The van der Waals surface area contributed by atoms with Crippen LogP contribution in [0.15, 0.2) is 0 Å². The van der Waals surface area contributed by atoms with Gasteiger partial charge in [0.1, 0.15) is 0 Å². The van der Waals surface area contributed by atoms with Crippen LogP contribution in [0.4, 0.5) is 0 Å². The number of unbranched alkanes of at least 4 members (excludes halogenated alkanes) is 23. The van der Waals surface area contributed by atoms with Crippen LogP contribution in [0.25, 0.3) is 0 Å². The van der Waals surface area contributed by atoms with Gasteiger partial charge in [0, 0.05) is 24.9 Å². The maximum atomic E-state index is 13.1. The molecule has 0 rings (SSSR count). The van der Waals surface area contributed by atoms with Gasteiger partial charge in [-0.25, -0.2) is 0 Å². The fraction of sp³-hybridized carbons (Fsp3) is 0.958. The normalized spacial score (nSPS) is 12.7. The summed E-state index contributed by atoms with van der Waals surface area (Å²) in [5.41, 5.74) is 0.